The number of hydrogen-bond donors (Lipinski definition) is 1. The summed E-state index contributed by atoms with van der Waals surface area (Å²) in [6.07, 6.45) is 3.09. The Hall–Kier alpha value is -4.26. The lowest BCUT2D eigenvalue weighted by molar-refractivity contribution is 0.146. The number of hydrogen-bond acceptors (Lipinski definition) is 5. The van der Waals surface area contributed by atoms with Crippen LogP contribution in [0.2, 0.25) is 0 Å². The Kier molecular flexibility index (Phi) is 5.63. The first-order valence-electron chi connectivity index (χ1n) is 11.9. The molecule has 1 aromatic heterocycles. The number of ether oxygens (including phenoxy) is 1. The molecule has 1 fully saturated rings. The number of β-amino-alcohol motifs (C(OH)–C–C–N with tert-alkyl or cyclic N) is 1. The number of nitriles is 1. The molecule has 0 spiro atoms. The lowest BCUT2D eigenvalue weighted by Crippen LogP contribution is -2.33. The molecule has 1 saturated heterocycles. The molecule has 0 aliphatic carbocycles. The van der Waals surface area contributed by atoms with Gasteiger partial charge in [-0.05, 0) is 49.0 Å². The van der Waals surface area contributed by atoms with Gasteiger partial charge < -0.3 is 19.3 Å². The summed E-state index contributed by atoms with van der Waals surface area (Å²) >= 11 is 0. The maximum absolute atomic E-state index is 14.2. The third-order valence-electron chi connectivity index (χ3n) is 6.99. The molecule has 9 heteroatoms. The maximum Gasteiger partial charge on any atom is 0.226 e. The third kappa shape index (κ3) is 3.91. The van der Waals surface area contributed by atoms with E-state index < -0.39 is 17.7 Å². The Labute approximate surface area is 211 Å². The standard InChI is InChI=1S/C28H23F2N5O2/c1-33-13-25(26(36)14-33)35-24-5-3-2-4-23(24)34(28(35)32-16-31)12-22-20-8-6-18(29)10-17(20)15-37-27-11-19(30)7-9-21(22)27/h2-12,25-26,36H,13-15H2,1H3/b22-12+,32-28?/t25-,26+/m0/s1. The first kappa shape index (κ1) is 23.2. The van der Waals surface area contributed by atoms with Gasteiger partial charge in [0, 0.05) is 42.1 Å². The molecule has 3 aromatic carbocycles. The van der Waals surface area contributed by atoms with Crippen LogP contribution in [0, 0.1) is 23.1 Å². The van der Waals surface area contributed by atoms with Crippen LogP contribution >= 0.6 is 0 Å². The number of benzene rings is 3. The molecule has 2 atom stereocenters. The molecule has 6 rings (SSSR count). The SMILES string of the molecule is CN1C[C@@H](O)[C@@H](n2c(=NC#N)n(/C=C3\c4ccc(F)cc4COc4cc(F)ccc43)c3ccccc32)C1. The smallest absolute Gasteiger partial charge is 0.226 e. The summed E-state index contributed by atoms with van der Waals surface area (Å²) < 4.78 is 37.9. The van der Waals surface area contributed by atoms with Crippen LogP contribution in [-0.2, 0) is 6.61 Å². The fourth-order valence-electron chi connectivity index (χ4n) is 5.37. The van der Waals surface area contributed by atoms with Gasteiger partial charge in [0.25, 0.3) is 0 Å². The minimum absolute atomic E-state index is 0.0728. The first-order valence-corrected chi connectivity index (χ1v) is 11.9. The zero-order chi connectivity index (χ0) is 25.7. The summed E-state index contributed by atoms with van der Waals surface area (Å²) in [7, 11) is 1.93. The molecule has 1 N–H and O–H groups in total. The molecule has 2 aliphatic rings. The minimum Gasteiger partial charge on any atom is -0.488 e. The first-order chi connectivity index (χ1) is 17.9. The summed E-state index contributed by atoms with van der Waals surface area (Å²) in [5.74, 6) is -0.514. The van der Waals surface area contributed by atoms with Gasteiger partial charge in [-0.3, -0.25) is 4.57 Å². The number of likely N-dealkylation sites (tertiary alicyclic amines) is 1. The second kappa shape index (κ2) is 9.00. The van der Waals surface area contributed by atoms with E-state index in [9.17, 15) is 19.1 Å². The van der Waals surface area contributed by atoms with Crippen LogP contribution in [0.3, 0.4) is 0 Å². The predicted molar refractivity (Wildman–Crippen MR) is 134 cm³/mol. The zero-order valence-electron chi connectivity index (χ0n) is 20.0. The Balaban J connectivity index is 1.69. The van der Waals surface area contributed by atoms with Gasteiger partial charge in [-0.2, -0.15) is 5.26 Å². The number of aliphatic hydroxyl groups is 1. The van der Waals surface area contributed by atoms with Crippen molar-refractivity contribution in [3.05, 3.63) is 94.6 Å². The van der Waals surface area contributed by atoms with Crippen molar-refractivity contribution in [3.8, 4) is 11.9 Å². The molecule has 0 unspecified atom stereocenters. The van der Waals surface area contributed by atoms with Crippen molar-refractivity contribution >= 4 is 22.8 Å². The topological polar surface area (TPSA) is 78.7 Å². The maximum atomic E-state index is 14.2. The van der Waals surface area contributed by atoms with Crippen molar-refractivity contribution in [1.29, 1.82) is 5.26 Å². The van der Waals surface area contributed by atoms with Crippen molar-refractivity contribution in [2.45, 2.75) is 18.8 Å². The summed E-state index contributed by atoms with van der Waals surface area (Å²) in [6, 6.07) is 16.1. The number of nitrogens with zero attached hydrogens (tertiary/aromatic N) is 5. The van der Waals surface area contributed by atoms with E-state index in [0.717, 1.165) is 16.6 Å². The van der Waals surface area contributed by atoms with Crippen molar-refractivity contribution in [2.24, 2.45) is 4.99 Å². The quantitative estimate of drug-likeness (QED) is 0.425. The summed E-state index contributed by atoms with van der Waals surface area (Å²) in [4.78, 5) is 6.21. The lowest BCUT2D eigenvalue weighted by atomic mass is 9.95. The minimum atomic E-state index is -0.645. The Morgan fingerprint density at radius 3 is 2.49 bits per heavy atom. The van der Waals surface area contributed by atoms with Crippen LogP contribution in [0.5, 0.6) is 5.75 Å². The molecule has 7 nitrogen and oxygen atoms in total. The molecule has 2 aliphatic heterocycles. The van der Waals surface area contributed by atoms with Crippen LogP contribution in [0.15, 0.2) is 65.7 Å². The number of imidazole rings is 1. The number of likely N-dealkylation sites (N-methyl/N-ethyl adjacent to an activating group) is 1. The highest BCUT2D eigenvalue weighted by Crippen LogP contribution is 2.38. The monoisotopic (exact) mass is 499 g/mol. The Morgan fingerprint density at radius 1 is 1.03 bits per heavy atom. The van der Waals surface area contributed by atoms with Crippen molar-refractivity contribution in [1.82, 2.24) is 14.0 Å². The molecule has 37 heavy (non-hydrogen) atoms. The van der Waals surface area contributed by atoms with Crippen LogP contribution in [0.1, 0.15) is 22.7 Å². The summed E-state index contributed by atoms with van der Waals surface area (Å²) in [5.41, 5.74) is 4.53. The van der Waals surface area contributed by atoms with Crippen molar-refractivity contribution < 1.29 is 18.6 Å². The summed E-state index contributed by atoms with van der Waals surface area (Å²) in [6.45, 7) is 1.16. The average molecular weight is 500 g/mol. The molecular weight excluding hydrogens is 476 g/mol. The van der Waals surface area contributed by atoms with E-state index in [1.54, 1.807) is 16.7 Å². The highest BCUT2D eigenvalue weighted by Gasteiger charge is 2.33. The molecule has 4 aromatic rings. The number of para-hydroxylation sites is 2. The van der Waals surface area contributed by atoms with Gasteiger partial charge >= 0.3 is 0 Å². The van der Waals surface area contributed by atoms with Gasteiger partial charge in [0.2, 0.25) is 11.8 Å². The fourth-order valence-corrected chi connectivity index (χ4v) is 5.37. The lowest BCUT2D eigenvalue weighted by Gasteiger charge is -2.16. The van der Waals surface area contributed by atoms with Crippen molar-refractivity contribution in [3.63, 3.8) is 0 Å². The largest absolute Gasteiger partial charge is 0.488 e. The average Bonchev–Trinajstić information content (AvgIpc) is 3.31. The fraction of sp³-hybridized carbons (Fsp3) is 0.214. The van der Waals surface area contributed by atoms with Crippen LogP contribution in [0.4, 0.5) is 8.78 Å². The van der Waals surface area contributed by atoms with Gasteiger partial charge in [0.05, 0.1) is 23.2 Å². The van der Waals surface area contributed by atoms with Crippen molar-refractivity contribution in [2.75, 3.05) is 20.1 Å². The van der Waals surface area contributed by atoms with E-state index in [-0.39, 0.29) is 12.6 Å². The van der Waals surface area contributed by atoms with Crippen LogP contribution < -0.4 is 10.4 Å². The highest BCUT2D eigenvalue weighted by atomic mass is 19.1. The van der Waals surface area contributed by atoms with Crippen LogP contribution in [0.25, 0.3) is 22.8 Å². The van der Waals surface area contributed by atoms with E-state index in [4.69, 9.17) is 4.74 Å². The zero-order valence-corrected chi connectivity index (χ0v) is 20.0. The number of halogens is 2. The number of fused-ring (bicyclic) bond motifs is 3. The number of aliphatic hydroxyl groups excluding tert-OH is 1. The number of aromatic nitrogens is 2. The van der Waals surface area contributed by atoms with E-state index in [1.807, 2.05) is 53.2 Å². The van der Waals surface area contributed by atoms with E-state index in [1.165, 1.54) is 24.3 Å². The second-order valence-electron chi connectivity index (χ2n) is 9.37. The third-order valence-corrected chi connectivity index (χ3v) is 6.99. The van der Waals surface area contributed by atoms with Gasteiger partial charge in [-0.15, -0.1) is 4.99 Å². The molecule has 0 saturated carbocycles. The Morgan fingerprint density at radius 2 is 1.76 bits per heavy atom. The van der Waals surface area contributed by atoms with E-state index >= 15 is 0 Å². The highest BCUT2D eigenvalue weighted by molar-refractivity contribution is 5.93. The molecule has 0 amide bonds. The second-order valence-corrected chi connectivity index (χ2v) is 9.37. The molecule has 186 valence electrons. The Bertz CT molecular complexity index is 1620. The summed E-state index contributed by atoms with van der Waals surface area (Å²) in [5, 5.41) is 20.5. The molecular formula is C28H23F2N5O2. The van der Waals surface area contributed by atoms with Crippen LogP contribution in [-0.4, -0.2) is 45.4 Å². The van der Waals surface area contributed by atoms with E-state index in [0.29, 0.717) is 41.2 Å². The molecule has 0 bridgehead atoms. The van der Waals surface area contributed by atoms with E-state index in [2.05, 4.69) is 4.99 Å². The van der Waals surface area contributed by atoms with Gasteiger partial charge in [0.15, 0.2) is 0 Å². The van der Waals surface area contributed by atoms with Gasteiger partial charge in [0.1, 0.15) is 24.0 Å². The number of rotatable bonds is 2. The normalized spacial score (nSPS) is 20.9. The molecule has 0 radical (unpaired) electrons. The van der Waals surface area contributed by atoms with Gasteiger partial charge in [-0.1, -0.05) is 18.2 Å². The predicted octanol–water partition coefficient (Wildman–Crippen LogP) is 3.89. The molecule has 3 heterocycles. The van der Waals surface area contributed by atoms with Gasteiger partial charge in [-0.25, -0.2) is 8.78 Å².